The summed E-state index contributed by atoms with van der Waals surface area (Å²) in [5.74, 6) is -0.0170. The molecule has 44 valence electrons. The molecule has 0 aliphatic rings. The van der Waals surface area contributed by atoms with Gasteiger partial charge in [-0.3, -0.25) is 4.79 Å². The van der Waals surface area contributed by atoms with Gasteiger partial charge < -0.3 is 5.41 Å². The van der Waals surface area contributed by atoms with E-state index in [2.05, 4.69) is 0 Å². The van der Waals surface area contributed by atoms with Crippen LogP contribution < -0.4 is 0 Å². The van der Waals surface area contributed by atoms with Crippen LogP contribution >= 0.6 is 0 Å². The molecule has 0 aromatic rings. The maximum absolute atomic E-state index is 10.2. The van der Waals surface area contributed by atoms with E-state index in [1.165, 1.54) is 19.1 Å². The summed E-state index contributed by atoms with van der Waals surface area (Å²) >= 11 is 0. The molecule has 0 unspecified atom stereocenters. The Morgan fingerprint density at radius 3 is 2.00 bits per heavy atom. The molecule has 0 aromatic carbocycles. The summed E-state index contributed by atoms with van der Waals surface area (Å²) < 4.78 is 0. The predicted molar refractivity (Wildman–Crippen MR) is 33.2 cm³/mol. The van der Waals surface area contributed by atoms with Gasteiger partial charge in [-0.25, -0.2) is 0 Å². The Hall–Kier alpha value is -0.920. The Kier molecular flexibility index (Phi) is 2.77. The number of carbonyl (C=O) groups excluding carboxylic acids is 1. The van der Waals surface area contributed by atoms with Crippen LogP contribution in [0, 0.1) is 5.41 Å². The van der Waals surface area contributed by atoms with Crippen molar-refractivity contribution in [1.29, 1.82) is 5.41 Å². The Morgan fingerprint density at radius 2 is 1.88 bits per heavy atom. The molecule has 0 heterocycles. The molecule has 0 aromatic heterocycles. The van der Waals surface area contributed by atoms with Crippen molar-refractivity contribution in [3.05, 3.63) is 12.2 Å². The number of nitrogens with one attached hydrogen (secondary N) is 1. The molecule has 1 N–H and O–H groups in total. The Labute approximate surface area is 48.7 Å². The van der Waals surface area contributed by atoms with Gasteiger partial charge in [-0.1, -0.05) is 0 Å². The minimum Gasteiger partial charge on any atom is -0.306 e. The first-order valence-corrected chi connectivity index (χ1v) is 2.36. The Morgan fingerprint density at radius 1 is 1.38 bits per heavy atom. The molecule has 2 heteroatoms. The van der Waals surface area contributed by atoms with Gasteiger partial charge in [0.1, 0.15) is 0 Å². The smallest absolute Gasteiger partial charge is 0.152 e. The van der Waals surface area contributed by atoms with E-state index in [0.29, 0.717) is 5.71 Å². The molecule has 0 saturated heterocycles. The highest BCUT2D eigenvalue weighted by Crippen LogP contribution is 1.76. The van der Waals surface area contributed by atoms with Gasteiger partial charge >= 0.3 is 0 Å². The van der Waals surface area contributed by atoms with Gasteiger partial charge in [0.05, 0.1) is 0 Å². The molecule has 0 rings (SSSR count). The van der Waals surface area contributed by atoms with Crippen LogP contribution in [0.3, 0.4) is 0 Å². The molecule has 8 heavy (non-hydrogen) atoms. The zero-order valence-corrected chi connectivity index (χ0v) is 5.06. The lowest BCUT2D eigenvalue weighted by atomic mass is 10.3. The summed E-state index contributed by atoms with van der Waals surface area (Å²) in [5.41, 5.74) is 0.403. The highest BCUT2D eigenvalue weighted by atomic mass is 16.1. The number of ketones is 1. The topological polar surface area (TPSA) is 40.9 Å². The van der Waals surface area contributed by atoms with Crippen LogP contribution in [-0.2, 0) is 4.79 Å². The van der Waals surface area contributed by atoms with Gasteiger partial charge in [0.15, 0.2) is 5.78 Å². The maximum atomic E-state index is 10.2. The molecular weight excluding hydrogens is 102 g/mol. The minimum atomic E-state index is -0.0170. The number of rotatable bonds is 2. The van der Waals surface area contributed by atoms with E-state index >= 15 is 0 Å². The average molecular weight is 111 g/mol. The van der Waals surface area contributed by atoms with E-state index in [-0.39, 0.29) is 5.78 Å². The van der Waals surface area contributed by atoms with Crippen molar-refractivity contribution in [1.82, 2.24) is 0 Å². The summed E-state index contributed by atoms with van der Waals surface area (Å²) in [6, 6.07) is 0. The van der Waals surface area contributed by atoms with Crippen molar-refractivity contribution in [2.24, 2.45) is 0 Å². The number of allylic oxidation sites excluding steroid dienone is 2. The van der Waals surface area contributed by atoms with E-state index < -0.39 is 0 Å². The largest absolute Gasteiger partial charge is 0.306 e. The van der Waals surface area contributed by atoms with Crippen molar-refractivity contribution in [3.8, 4) is 0 Å². The fourth-order valence-electron chi connectivity index (χ4n) is 0.242. The predicted octanol–water partition coefficient (Wildman–Crippen LogP) is 1.17. The maximum Gasteiger partial charge on any atom is 0.152 e. The highest BCUT2D eigenvalue weighted by Gasteiger charge is 1.80. The second kappa shape index (κ2) is 3.13. The second-order valence-corrected chi connectivity index (χ2v) is 1.63. The number of hydrogen-bond acceptors (Lipinski definition) is 2. The molecule has 0 aliphatic heterocycles. The minimum absolute atomic E-state index is 0.0170. The van der Waals surface area contributed by atoms with Crippen LogP contribution in [-0.4, -0.2) is 11.5 Å². The molecule has 0 radical (unpaired) electrons. The SMILES string of the molecule is CC(=N)/C=C\C(C)=O. The van der Waals surface area contributed by atoms with Gasteiger partial charge in [-0.2, -0.15) is 0 Å². The van der Waals surface area contributed by atoms with Crippen LogP contribution in [0.4, 0.5) is 0 Å². The van der Waals surface area contributed by atoms with Crippen LogP contribution in [0.15, 0.2) is 12.2 Å². The molecule has 0 aliphatic carbocycles. The Bertz CT molecular complexity index is 119. The van der Waals surface area contributed by atoms with E-state index in [9.17, 15) is 4.79 Å². The third-order valence-corrected chi connectivity index (χ3v) is 0.568. The van der Waals surface area contributed by atoms with Gasteiger partial charge in [0.2, 0.25) is 0 Å². The highest BCUT2D eigenvalue weighted by molar-refractivity contribution is 5.97. The third-order valence-electron chi connectivity index (χ3n) is 0.568. The van der Waals surface area contributed by atoms with Gasteiger partial charge in [0.25, 0.3) is 0 Å². The van der Waals surface area contributed by atoms with Crippen molar-refractivity contribution in [2.45, 2.75) is 13.8 Å². The van der Waals surface area contributed by atoms with Crippen molar-refractivity contribution < 1.29 is 4.79 Å². The standard InChI is InChI=1S/C6H9NO/c1-5(7)3-4-6(2)8/h3-4,7H,1-2H3/b4-3-,7-5?. The molecule has 0 fully saturated rings. The third kappa shape index (κ3) is 5.08. The molecular formula is C6H9NO. The molecule has 0 spiro atoms. The second-order valence-electron chi connectivity index (χ2n) is 1.63. The molecule has 0 amide bonds. The van der Waals surface area contributed by atoms with E-state index in [0.717, 1.165) is 0 Å². The summed E-state index contributed by atoms with van der Waals surface area (Å²) in [6.07, 6.45) is 2.85. The summed E-state index contributed by atoms with van der Waals surface area (Å²) in [5, 5.41) is 6.85. The lowest BCUT2D eigenvalue weighted by Gasteiger charge is -1.78. The fraction of sp³-hybridized carbons (Fsp3) is 0.333. The van der Waals surface area contributed by atoms with Crippen LogP contribution in [0.5, 0.6) is 0 Å². The monoisotopic (exact) mass is 111 g/mol. The first-order chi connectivity index (χ1) is 3.63. The molecule has 0 saturated carbocycles. The quantitative estimate of drug-likeness (QED) is 0.421. The van der Waals surface area contributed by atoms with E-state index in [1.807, 2.05) is 0 Å². The lowest BCUT2D eigenvalue weighted by molar-refractivity contribution is -0.112. The summed E-state index contributed by atoms with van der Waals surface area (Å²) in [7, 11) is 0. The normalized spacial score (nSPS) is 9.75. The number of carbonyl (C=O) groups is 1. The van der Waals surface area contributed by atoms with Gasteiger partial charge in [-0.15, -0.1) is 0 Å². The van der Waals surface area contributed by atoms with Gasteiger partial charge in [0, 0.05) is 5.71 Å². The number of hydrogen-bond donors (Lipinski definition) is 1. The van der Waals surface area contributed by atoms with Crippen molar-refractivity contribution in [2.75, 3.05) is 0 Å². The first kappa shape index (κ1) is 7.08. The molecule has 2 nitrogen and oxygen atoms in total. The fourth-order valence-corrected chi connectivity index (χ4v) is 0.242. The summed E-state index contributed by atoms with van der Waals surface area (Å²) in [6.45, 7) is 3.08. The first-order valence-electron chi connectivity index (χ1n) is 2.36. The van der Waals surface area contributed by atoms with Crippen molar-refractivity contribution in [3.63, 3.8) is 0 Å². The van der Waals surface area contributed by atoms with Crippen LogP contribution in [0.25, 0.3) is 0 Å². The molecule has 0 bridgehead atoms. The van der Waals surface area contributed by atoms with Crippen molar-refractivity contribution >= 4 is 11.5 Å². The zero-order valence-electron chi connectivity index (χ0n) is 5.06. The lowest BCUT2D eigenvalue weighted by Crippen LogP contribution is -1.84. The summed E-state index contributed by atoms with van der Waals surface area (Å²) in [4.78, 5) is 10.2. The van der Waals surface area contributed by atoms with E-state index in [4.69, 9.17) is 5.41 Å². The Balaban J connectivity index is 3.67. The average Bonchev–Trinajstić information content (AvgIpc) is 1.61. The molecule has 0 atom stereocenters. The van der Waals surface area contributed by atoms with Gasteiger partial charge in [-0.05, 0) is 26.0 Å². The van der Waals surface area contributed by atoms with E-state index in [1.54, 1.807) is 6.92 Å². The zero-order chi connectivity index (χ0) is 6.57. The van der Waals surface area contributed by atoms with Crippen LogP contribution in [0.1, 0.15) is 13.8 Å². The van der Waals surface area contributed by atoms with Crippen LogP contribution in [0.2, 0.25) is 0 Å².